The average Bonchev–Trinajstić information content (AvgIpc) is 3.76. The number of ether oxygens (including phenoxy) is 1. The average molecular weight is 967 g/mol. The summed E-state index contributed by atoms with van der Waals surface area (Å²) in [6.07, 6.45) is 7.35. The van der Waals surface area contributed by atoms with Crippen LogP contribution in [0.15, 0.2) is 134 Å². The van der Waals surface area contributed by atoms with E-state index in [1.165, 1.54) is 16.7 Å². The first-order chi connectivity index (χ1) is 28.1. The van der Waals surface area contributed by atoms with Crippen molar-refractivity contribution in [3.63, 3.8) is 0 Å². The summed E-state index contributed by atoms with van der Waals surface area (Å²) in [4.78, 5) is 9.66. The second kappa shape index (κ2) is 15.3. The maximum absolute atomic E-state index is 6.58. The SMILES string of the molecule is CC(C)(C)c1cc(-[n+]2[c-]n(-c3[c-]c(Oc4[c-]c5c(cc4)c4ccccc4n5-c4cc(C(C)(C)C)ccn4)ccn3)c3ccc(-c4ccccc4)cc32)cc(C(C)(C)C)c1.[Pt]. The Morgan fingerprint density at radius 2 is 1.22 bits per heavy atom. The summed E-state index contributed by atoms with van der Waals surface area (Å²) >= 11 is 0. The third-order valence-electron chi connectivity index (χ3n) is 11.2. The molecule has 7 heteroatoms. The number of rotatable bonds is 6. The number of fused-ring (bicyclic) bond motifs is 4. The van der Waals surface area contributed by atoms with Gasteiger partial charge >= 0.3 is 0 Å². The van der Waals surface area contributed by atoms with E-state index in [9.17, 15) is 0 Å². The van der Waals surface area contributed by atoms with Gasteiger partial charge in [0, 0.05) is 38.5 Å². The third-order valence-corrected chi connectivity index (χ3v) is 11.2. The molecule has 60 heavy (non-hydrogen) atoms. The van der Waals surface area contributed by atoms with Crippen LogP contribution in [0.4, 0.5) is 0 Å². The number of nitrogens with zero attached hydrogens (tertiary/aromatic N) is 5. The van der Waals surface area contributed by atoms with Crippen molar-refractivity contribution in [2.45, 2.75) is 78.6 Å². The molecule has 0 aliphatic rings. The minimum absolute atomic E-state index is 0. The van der Waals surface area contributed by atoms with Crippen LogP contribution in [0.5, 0.6) is 11.5 Å². The van der Waals surface area contributed by atoms with E-state index in [1.807, 2.05) is 29.0 Å². The van der Waals surface area contributed by atoms with Gasteiger partial charge in [0.25, 0.3) is 6.33 Å². The first kappa shape index (κ1) is 40.9. The number of benzene rings is 5. The largest absolute Gasteiger partial charge is 0.522 e. The first-order valence-electron chi connectivity index (χ1n) is 20.3. The smallest absolute Gasteiger partial charge is 0.269 e. The molecule has 0 saturated carbocycles. The molecule has 0 N–H and O–H groups in total. The van der Waals surface area contributed by atoms with Crippen LogP contribution in [-0.2, 0) is 37.3 Å². The second-order valence-corrected chi connectivity index (χ2v) is 18.6. The van der Waals surface area contributed by atoms with Crippen LogP contribution in [0.25, 0.3) is 61.3 Å². The Morgan fingerprint density at radius 1 is 0.550 bits per heavy atom. The van der Waals surface area contributed by atoms with Crippen LogP contribution in [0.1, 0.15) is 79.0 Å². The van der Waals surface area contributed by atoms with E-state index < -0.39 is 0 Å². The zero-order valence-electron chi connectivity index (χ0n) is 35.7. The van der Waals surface area contributed by atoms with Crippen molar-refractivity contribution in [3.8, 4) is 39.9 Å². The van der Waals surface area contributed by atoms with E-state index >= 15 is 0 Å². The molecular formula is C53H49N5OPt-2. The van der Waals surface area contributed by atoms with Gasteiger partial charge in [0.1, 0.15) is 5.82 Å². The summed E-state index contributed by atoms with van der Waals surface area (Å²) < 4.78 is 12.9. The number of imidazole rings is 1. The molecule has 5 aromatic carbocycles. The monoisotopic (exact) mass is 966 g/mol. The molecule has 304 valence electrons. The van der Waals surface area contributed by atoms with Gasteiger partial charge < -0.3 is 9.30 Å². The van der Waals surface area contributed by atoms with E-state index in [4.69, 9.17) is 14.7 Å². The molecule has 0 atom stereocenters. The fourth-order valence-electron chi connectivity index (χ4n) is 7.70. The van der Waals surface area contributed by atoms with Gasteiger partial charge in [0.05, 0.1) is 22.5 Å². The second-order valence-electron chi connectivity index (χ2n) is 18.6. The van der Waals surface area contributed by atoms with Crippen LogP contribution < -0.4 is 9.30 Å². The predicted molar refractivity (Wildman–Crippen MR) is 239 cm³/mol. The number of hydrogen-bond donors (Lipinski definition) is 0. The van der Waals surface area contributed by atoms with E-state index in [0.29, 0.717) is 17.3 Å². The minimum Gasteiger partial charge on any atom is -0.522 e. The molecule has 0 amide bonds. The Morgan fingerprint density at radius 3 is 1.93 bits per heavy atom. The van der Waals surface area contributed by atoms with E-state index in [0.717, 1.165) is 55.5 Å². The van der Waals surface area contributed by atoms with Crippen LogP contribution in [0.2, 0.25) is 0 Å². The topological polar surface area (TPSA) is 48.8 Å². The van der Waals surface area contributed by atoms with Gasteiger partial charge in [-0.3, -0.25) is 14.1 Å². The molecule has 0 radical (unpaired) electrons. The van der Waals surface area contributed by atoms with Crippen LogP contribution in [0, 0.1) is 18.5 Å². The summed E-state index contributed by atoms with van der Waals surface area (Å²) in [5.74, 6) is 2.50. The van der Waals surface area contributed by atoms with Crippen molar-refractivity contribution >= 4 is 32.8 Å². The van der Waals surface area contributed by atoms with Gasteiger partial charge in [-0.05, 0) is 91.6 Å². The molecule has 0 unspecified atom stereocenters. The molecule has 9 aromatic rings. The van der Waals surface area contributed by atoms with Gasteiger partial charge in [0.15, 0.2) is 0 Å². The van der Waals surface area contributed by atoms with Crippen molar-refractivity contribution in [2.24, 2.45) is 0 Å². The fourth-order valence-corrected chi connectivity index (χ4v) is 7.70. The minimum atomic E-state index is -0.0491. The first-order valence-corrected chi connectivity index (χ1v) is 20.3. The van der Waals surface area contributed by atoms with E-state index in [1.54, 1.807) is 6.20 Å². The van der Waals surface area contributed by atoms with Crippen molar-refractivity contribution in [1.29, 1.82) is 0 Å². The maximum atomic E-state index is 6.58. The Balaban J connectivity index is 0.00000499. The Bertz CT molecular complexity index is 3000. The number of pyridine rings is 2. The number of aromatic nitrogens is 5. The molecule has 0 spiro atoms. The third kappa shape index (κ3) is 7.70. The standard InChI is InChI=1S/C53H49N5O.Pt/c1-51(2,3)37-23-25-55-50(31-37)58-45-18-14-13-17-43(45)44-21-20-41(32-47(44)58)59-42-24-26-54-49(33-42)57-34-56(40-29-38(52(4,5)6)28-39(30-40)53(7,8)9)48-27-36(19-22-46(48)57)35-15-11-10-12-16-35;/h10-31H,1-9H3;/q-2;. The molecule has 4 aromatic heterocycles. The molecule has 0 saturated heterocycles. The predicted octanol–water partition coefficient (Wildman–Crippen LogP) is 12.5. The van der Waals surface area contributed by atoms with E-state index in [2.05, 4.69) is 193 Å². The van der Waals surface area contributed by atoms with Gasteiger partial charge in [-0.25, -0.2) is 4.98 Å². The van der Waals surface area contributed by atoms with Crippen molar-refractivity contribution in [3.05, 3.63) is 169 Å². The molecule has 0 aliphatic carbocycles. The Labute approximate surface area is 367 Å². The van der Waals surface area contributed by atoms with Crippen LogP contribution in [0.3, 0.4) is 0 Å². The van der Waals surface area contributed by atoms with Gasteiger partial charge in [-0.2, -0.15) is 18.2 Å². The molecule has 9 rings (SSSR count). The normalized spacial score (nSPS) is 12.3. The van der Waals surface area contributed by atoms with Crippen molar-refractivity contribution in [2.75, 3.05) is 0 Å². The Kier molecular flexibility index (Phi) is 10.4. The van der Waals surface area contributed by atoms with Crippen LogP contribution in [-0.4, -0.2) is 19.1 Å². The van der Waals surface area contributed by atoms with Gasteiger partial charge in [-0.1, -0.05) is 141 Å². The summed E-state index contributed by atoms with van der Waals surface area (Å²) in [6.45, 7) is 20.3. The zero-order valence-corrected chi connectivity index (χ0v) is 37.9. The van der Waals surface area contributed by atoms with Crippen molar-refractivity contribution in [1.82, 2.24) is 19.1 Å². The molecular weight excluding hydrogens is 918 g/mol. The molecule has 0 aliphatic heterocycles. The molecule has 6 nitrogen and oxygen atoms in total. The summed E-state index contributed by atoms with van der Waals surface area (Å²) in [7, 11) is 0. The fraction of sp³-hybridized carbons (Fsp3) is 0.226. The summed E-state index contributed by atoms with van der Waals surface area (Å²) in [6, 6.07) is 49.7. The summed E-state index contributed by atoms with van der Waals surface area (Å²) in [5.41, 5.74) is 10.9. The van der Waals surface area contributed by atoms with Crippen LogP contribution >= 0.6 is 0 Å². The zero-order chi connectivity index (χ0) is 41.3. The number of hydrogen-bond acceptors (Lipinski definition) is 3. The van der Waals surface area contributed by atoms with Gasteiger partial charge in [-0.15, -0.1) is 17.5 Å². The quantitative estimate of drug-likeness (QED) is 0.123. The number of para-hydroxylation sites is 1. The van der Waals surface area contributed by atoms with E-state index in [-0.39, 0.29) is 37.3 Å². The van der Waals surface area contributed by atoms with Crippen molar-refractivity contribution < 1.29 is 30.4 Å². The summed E-state index contributed by atoms with van der Waals surface area (Å²) in [5, 5.41) is 2.21. The van der Waals surface area contributed by atoms with Gasteiger partial charge in [0.2, 0.25) is 0 Å². The molecule has 0 fully saturated rings. The molecule has 4 heterocycles. The Hall–Kier alpha value is -5.84. The molecule has 0 bridgehead atoms. The maximum Gasteiger partial charge on any atom is 0.269 e.